The molecule has 0 aliphatic carbocycles. The fraction of sp³-hybridized carbons (Fsp3) is 0.423. The fourth-order valence-corrected chi connectivity index (χ4v) is 5.26. The van der Waals surface area contributed by atoms with E-state index in [9.17, 15) is 4.79 Å². The van der Waals surface area contributed by atoms with Gasteiger partial charge in [0.05, 0.1) is 18.3 Å². The van der Waals surface area contributed by atoms with Crippen LogP contribution in [0.1, 0.15) is 37.6 Å². The van der Waals surface area contributed by atoms with Crippen LogP contribution in [0.3, 0.4) is 0 Å². The van der Waals surface area contributed by atoms with E-state index in [1.807, 2.05) is 47.8 Å². The summed E-state index contributed by atoms with van der Waals surface area (Å²) in [5.41, 5.74) is 10.4. The number of benzene rings is 1. The number of pyridine rings is 1. The Labute approximate surface area is 199 Å². The maximum absolute atomic E-state index is 13.4. The highest BCUT2D eigenvalue weighted by atomic mass is 16.5. The predicted molar refractivity (Wildman–Crippen MR) is 134 cm³/mol. The largest absolute Gasteiger partial charge is 0.494 e. The summed E-state index contributed by atoms with van der Waals surface area (Å²) in [6.45, 7) is 7.75. The van der Waals surface area contributed by atoms with Gasteiger partial charge in [0.1, 0.15) is 16.9 Å². The lowest BCUT2D eigenvalue weighted by Gasteiger charge is -2.23. The first-order valence-electron chi connectivity index (χ1n) is 11.9. The van der Waals surface area contributed by atoms with Gasteiger partial charge in [0, 0.05) is 49.4 Å². The van der Waals surface area contributed by atoms with Crippen LogP contribution in [0, 0.1) is 5.92 Å². The van der Waals surface area contributed by atoms with Crippen LogP contribution in [-0.4, -0.2) is 55.6 Å². The molecule has 3 aromatic heterocycles. The molecule has 4 heterocycles. The Kier molecular flexibility index (Phi) is 5.56. The summed E-state index contributed by atoms with van der Waals surface area (Å²) >= 11 is 0. The zero-order chi connectivity index (χ0) is 24.1. The van der Waals surface area contributed by atoms with Crippen LogP contribution in [0.4, 0.5) is 0 Å². The third-order valence-corrected chi connectivity index (χ3v) is 7.18. The molecule has 1 amide bonds. The van der Waals surface area contributed by atoms with E-state index in [2.05, 4.69) is 35.5 Å². The third kappa shape index (κ3) is 3.36. The van der Waals surface area contributed by atoms with Crippen molar-refractivity contribution in [2.45, 2.75) is 45.8 Å². The minimum atomic E-state index is -0.0380. The minimum Gasteiger partial charge on any atom is -0.494 e. The molecule has 0 bridgehead atoms. The number of likely N-dealkylation sites (tertiary alicyclic amines) is 1. The molecular weight excluding hydrogens is 428 g/mol. The highest BCUT2D eigenvalue weighted by Gasteiger charge is 2.37. The number of fused-ring (bicyclic) bond motifs is 2. The van der Waals surface area contributed by atoms with Gasteiger partial charge in [0.25, 0.3) is 5.91 Å². The number of carbonyl (C=O) groups is 1. The molecule has 1 saturated heterocycles. The number of ether oxygens (including phenoxy) is 1. The van der Waals surface area contributed by atoms with E-state index in [4.69, 9.17) is 15.5 Å². The van der Waals surface area contributed by atoms with Crippen LogP contribution in [0.2, 0.25) is 0 Å². The number of nitrogens with two attached hydrogens (primary N) is 1. The maximum Gasteiger partial charge on any atom is 0.254 e. The molecule has 1 aliphatic heterocycles. The number of aromatic nitrogens is 4. The molecule has 3 unspecified atom stereocenters. The molecule has 178 valence electrons. The Balaban J connectivity index is 1.65. The van der Waals surface area contributed by atoms with Crippen molar-refractivity contribution < 1.29 is 9.53 Å². The smallest absolute Gasteiger partial charge is 0.254 e. The van der Waals surface area contributed by atoms with Gasteiger partial charge in [-0.1, -0.05) is 13.8 Å². The predicted octanol–water partition coefficient (Wildman–Crippen LogP) is 3.82. The average Bonchev–Trinajstić information content (AvgIpc) is 3.46. The first-order valence-corrected chi connectivity index (χ1v) is 11.9. The number of amides is 1. The van der Waals surface area contributed by atoms with Crippen molar-refractivity contribution in [1.29, 1.82) is 0 Å². The topological polar surface area (TPSA) is 91.2 Å². The van der Waals surface area contributed by atoms with E-state index in [0.717, 1.165) is 46.6 Å². The SMILES string of the molecule is CCCn1c(-c2nc3cc(C(=O)N4CC(C)C(N)C4C)cc(OC)c3n2C)cc2cccnc21. The van der Waals surface area contributed by atoms with Gasteiger partial charge >= 0.3 is 0 Å². The average molecular weight is 461 g/mol. The van der Waals surface area contributed by atoms with Gasteiger partial charge < -0.3 is 24.5 Å². The highest BCUT2D eigenvalue weighted by Crippen LogP contribution is 2.35. The van der Waals surface area contributed by atoms with Gasteiger partial charge in [-0.2, -0.15) is 0 Å². The van der Waals surface area contributed by atoms with Crippen LogP contribution in [0.15, 0.2) is 36.5 Å². The molecule has 1 fully saturated rings. The van der Waals surface area contributed by atoms with Crippen molar-refractivity contribution in [1.82, 2.24) is 24.0 Å². The first-order chi connectivity index (χ1) is 16.3. The van der Waals surface area contributed by atoms with Crippen molar-refractivity contribution in [3.8, 4) is 17.3 Å². The van der Waals surface area contributed by atoms with Crippen LogP contribution in [0.25, 0.3) is 33.6 Å². The Bertz CT molecular complexity index is 1390. The lowest BCUT2D eigenvalue weighted by atomic mass is 10.0. The second kappa shape index (κ2) is 8.43. The Morgan fingerprint density at radius 1 is 1.26 bits per heavy atom. The van der Waals surface area contributed by atoms with Gasteiger partial charge in [-0.3, -0.25) is 4.79 Å². The summed E-state index contributed by atoms with van der Waals surface area (Å²) in [6.07, 6.45) is 2.80. The summed E-state index contributed by atoms with van der Waals surface area (Å²) in [4.78, 5) is 24.9. The fourth-order valence-electron chi connectivity index (χ4n) is 5.26. The van der Waals surface area contributed by atoms with Crippen molar-refractivity contribution in [3.63, 3.8) is 0 Å². The van der Waals surface area contributed by atoms with E-state index in [0.29, 0.717) is 17.9 Å². The number of aryl methyl sites for hydroxylation is 2. The normalized spacial score (nSPS) is 20.5. The minimum absolute atomic E-state index is 0.0132. The molecule has 0 spiro atoms. The molecule has 8 nitrogen and oxygen atoms in total. The lowest BCUT2D eigenvalue weighted by molar-refractivity contribution is 0.0739. The molecule has 0 radical (unpaired) electrons. The van der Waals surface area contributed by atoms with Crippen LogP contribution < -0.4 is 10.5 Å². The van der Waals surface area contributed by atoms with E-state index in [1.165, 1.54) is 0 Å². The Morgan fingerprint density at radius 2 is 2.06 bits per heavy atom. The summed E-state index contributed by atoms with van der Waals surface area (Å²) in [7, 11) is 3.61. The molecule has 5 rings (SSSR count). The van der Waals surface area contributed by atoms with Crippen LogP contribution in [-0.2, 0) is 13.6 Å². The zero-order valence-electron chi connectivity index (χ0n) is 20.4. The van der Waals surface area contributed by atoms with Crippen LogP contribution in [0.5, 0.6) is 5.75 Å². The third-order valence-electron chi connectivity index (χ3n) is 7.18. The summed E-state index contributed by atoms with van der Waals surface area (Å²) in [5, 5.41) is 1.08. The molecule has 34 heavy (non-hydrogen) atoms. The number of hydrogen-bond acceptors (Lipinski definition) is 5. The number of nitrogens with zero attached hydrogens (tertiary/aromatic N) is 5. The Hall–Kier alpha value is -3.39. The van der Waals surface area contributed by atoms with Gasteiger partial charge in [-0.25, -0.2) is 9.97 Å². The molecule has 1 aromatic carbocycles. The zero-order valence-corrected chi connectivity index (χ0v) is 20.4. The van der Waals surface area contributed by atoms with Crippen LogP contribution >= 0.6 is 0 Å². The van der Waals surface area contributed by atoms with E-state index in [-0.39, 0.29) is 23.9 Å². The van der Waals surface area contributed by atoms with Crippen molar-refractivity contribution in [2.24, 2.45) is 18.7 Å². The molecule has 0 saturated carbocycles. The lowest BCUT2D eigenvalue weighted by Crippen LogP contribution is -2.40. The van der Waals surface area contributed by atoms with Crippen molar-refractivity contribution >= 4 is 28.0 Å². The van der Waals surface area contributed by atoms with E-state index >= 15 is 0 Å². The molecule has 3 atom stereocenters. The number of imidazole rings is 1. The number of methoxy groups -OCH3 is 1. The number of carbonyl (C=O) groups excluding carboxylic acids is 1. The maximum atomic E-state index is 13.4. The second-order valence-electron chi connectivity index (χ2n) is 9.39. The van der Waals surface area contributed by atoms with Gasteiger partial charge in [-0.05, 0) is 49.6 Å². The molecule has 8 heteroatoms. The van der Waals surface area contributed by atoms with Gasteiger partial charge in [0.2, 0.25) is 0 Å². The van der Waals surface area contributed by atoms with Gasteiger partial charge in [0.15, 0.2) is 5.82 Å². The van der Waals surface area contributed by atoms with Gasteiger partial charge in [-0.15, -0.1) is 0 Å². The first kappa shape index (κ1) is 22.4. The molecule has 4 aromatic rings. The summed E-state index contributed by atoms with van der Waals surface area (Å²) in [6, 6.07) is 9.81. The molecule has 1 aliphatic rings. The van der Waals surface area contributed by atoms with Crippen molar-refractivity contribution in [2.75, 3.05) is 13.7 Å². The second-order valence-corrected chi connectivity index (χ2v) is 9.39. The molecular formula is C26H32N6O2. The summed E-state index contributed by atoms with van der Waals surface area (Å²) in [5.74, 6) is 1.67. The quantitative estimate of drug-likeness (QED) is 0.489. The highest BCUT2D eigenvalue weighted by molar-refractivity contribution is 6.00. The Morgan fingerprint density at radius 3 is 2.74 bits per heavy atom. The van der Waals surface area contributed by atoms with Crippen molar-refractivity contribution in [3.05, 3.63) is 42.1 Å². The monoisotopic (exact) mass is 460 g/mol. The summed E-state index contributed by atoms with van der Waals surface area (Å²) < 4.78 is 9.99. The number of rotatable bonds is 5. The number of hydrogen-bond donors (Lipinski definition) is 1. The van der Waals surface area contributed by atoms with E-state index in [1.54, 1.807) is 7.11 Å². The van der Waals surface area contributed by atoms with E-state index < -0.39 is 0 Å². The molecule has 2 N–H and O–H groups in total. The standard InChI is InChI=1S/C26H32N6O2/c1-6-10-31-20(12-17-8-7-9-28-24(17)31)25-29-19-11-18(13-21(34-5)23(19)30(25)4)26(33)32-14-15(2)22(27)16(32)3/h7-9,11-13,15-16,22H,6,10,14,27H2,1-5H3.